The quantitative estimate of drug-likeness (QED) is 0.0897. The summed E-state index contributed by atoms with van der Waals surface area (Å²) in [6.07, 6.45) is 0. The maximum atomic E-state index is 6.49. The van der Waals surface area contributed by atoms with Crippen molar-refractivity contribution in [3.05, 3.63) is 254 Å². The molecule has 1 heterocycles. The second-order valence-electron chi connectivity index (χ2n) is 15.5. The number of nitrogens with zero attached hydrogens (tertiary/aromatic N) is 3. The second-order valence-corrected chi connectivity index (χ2v) is 15.5. The van der Waals surface area contributed by atoms with Gasteiger partial charge in [0.15, 0.2) is 5.84 Å². The van der Waals surface area contributed by atoms with E-state index in [9.17, 15) is 0 Å². The topological polar surface area (TPSA) is 63.6 Å². The van der Waals surface area contributed by atoms with E-state index in [0.29, 0.717) is 17.4 Å². The van der Waals surface area contributed by atoms with Crippen LogP contribution in [0.4, 0.5) is 0 Å². The summed E-state index contributed by atoms with van der Waals surface area (Å²) in [6, 6.07) is 79.9. The highest BCUT2D eigenvalue weighted by atomic mass is 15.0. The Balaban J connectivity index is 1.08. The van der Waals surface area contributed by atoms with Gasteiger partial charge in [-0.2, -0.15) is 0 Å². The van der Waals surface area contributed by atoms with E-state index < -0.39 is 0 Å². The largest absolute Gasteiger partial charge is 0.383 e. The van der Waals surface area contributed by atoms with Crippen molar-refractivity contribution >= 4 is 39.0 Å². The van der Waals surface area contributed by atoms with Crippen molar-refractivity contribution in [2.24, 2.45) is 15.7 Å². The molecule has 0 spiro atoms. The monoisotopic (exact) mass is 806 g/mol. The maximum Gasteiger partial charge on any atom is 0.162 e. The van der Waals surface area contributed by atoms with Crippen molar-refractivity contribution in [3.63, 3.8) is 0 Å². The van der Waals surface area contributed by atoms with Crippen LogP contribution in [0.5, 0.6) is 0 Å². The highest BCUT2D eigenvalue weighted by Crippen LogP contribution is 2.41. The molecule has 4 nitrogen and oxygen atoms in total. The third-order valence-electron chi connectivity index (χ3n) is 11.5. The van der Waals surface area contributed by atoms with Gasteiger partial charge in [0.25, 0.3) is 0 Å². The van der Waals surface area contributed by atoms with E-state index in [1.54, 1.807) is 0 Å². The number of pyridine rings is 1. The van der Waals surface area contributed by atoms with Crippen LogP contribution in [0, 0.1) is 0 Å². The highest BCUT2D eigenvalue weighted by Gasteiger charge is 2.17. The predicted octanol–water partition coefficient (Wildman–Crippen LogP) is 14.5. The Bertz CT molecular complexity index is 3280. The van der Waals surface area contributed by atoms with Crippen LogP contribution in [-0.2, 0) is 0 Å². The summed E-state index contributed by atoms with van der Waals surface area (Å²) < 4.78 is 0. The fourth-order valence-corrected chi connectivity index (χ4v) is 8.18. The minimum atomic E-state index is 0.384. The number of aliphatic imine (C=N–C) groups is 2. The smallest absolute Gasteiger partial charge is 0.162 e. The van der Waals surface area contributed by atoms with Gasteiger partial charge in [0.1, 0.15) is 5.84 Å². The zero-order chi connectivity index (χ0) is 42.5. The molecule has 0 saturated heterocycles. The van der Waals surface area contributed by atoms with E-state index in [1.165, 1.54) is 27.8 Å². The summed E-state index contributed by atoms with van der Waals surface area (Å²) in [4.78, 5) is 15.2. The van der Waals surface area contributed by atoms with Crippen LogP contribution < -0.4 is 5.73 Å². The number of aromatic nitrogens is 1. The first-order valence-corrected chi connectivity index (χ1v) is 21.1. The Kier molecular flexibility index (Phi) is 10.6. The summed E-state index contributed by atoms with van der Waals surface area (Å²) in [5, 5.41) is 3.35. The molecule has 10 aromatic rings. The van der Waals surface area contributed by atoms with Crippen LogP contribution in [0.15, 0.2) is 247 Å². The van der Waals surface area contributed by atoms with E-state index in [0.717, 1.165) is 66.3 Å². The SMILES string of the molecule is C=C(/N=C(\N=C(/N)c1ccccc1)c1ccccc1)c1ccc(-c2cc(-c3ccc(-c4ccccc4)cc3)c3cc(-c4ccc(-c5ccccc5)cc4)c4ccccc4c3n2)cc1. The molecule has 63 heavy (non-hydrogen) atoms. The van der Waals surface area contributed by atoms with Crippen molar-refractivity contribution in [1.29, 1.82) is 0 Å². The van der Waals surface area contributed by atoms with Crippen LogP contribution in [0.3, 0.4) is 0 Å². The van der Waals surface area contributed by atoms with Gasteiger partial charge in [0, 0.05) is 27.5 Å². The van der Waals surface area contributed by atoms with Gasteiger partial charge in [-0.3, -0.25) is 0 Å². The summed E-state index contributed by atoms with van der Waals surface area (Å²) >= 11 is 0. The third-order valence-corrected chi connectivity index (χ3v) is 11.5. The fraction of sp³-hybridized carbons (Fsp3) is 0. The van der Waals surface area contributed by atoms with Gasteiger partial charge in [-0.1, -0.05) is 225 Å². The zero-order valence-corrected chi connectivity index (χ0v) is 34.6. The van der Waals surface area contributed by atoms with Gasteiger partial charge < -0.3 is 5.73 Å². The first-order valence-electron chi connectivity index (χ1n) is 21.1. The van der Waals surface area contributed by atoms with E-state index in [4.69, 9.17) is 20.7 Å². The summed E-state index contributed by atoms with van der Waals surface area (Å²) in [6.45, 7) is 4.37. The standard InChI is InChI=1S/C59H42N4/c1-40(61-59(50-22-12-5-13-23-50)63-58(60)49-20-10-4-11-21-49)41-26-36-48(37-27-41)56-39-54(47-34-30-45(31-35-47)43-18-8-3-9-19-43)55-38-53(51-24-14-15-25-52(51)57(55)62-56)46-32-28-44(29-33-46)42-16-6-2-7-17-42/h2-39H,1H2,(H2,60,61,63). The predicted molar refractivity (Wildman–Crippen MR) is 266 cm³/mol. The van der Waals surface area contributed by atoms with E-state index in [2.05, 4.69) is 176 Å². The van der Waals surface area contributed by atoms with Crippen molar-refractivity contribution in [2.45, 2.75) is 0 Å². The maximum absolute atomic E-state index is 6.49. The average molecular weight is 807 g/mol. The lowest BCUT2D eigenvalue weighted by molar-refractivity contribution is 1.40. The van der Waals surface area contributed by atoms with Crippen molar-refractivity contribution in [1.82, 2.24) is 4.98 Å². The van der Waals surface area contributed by atoms with Gasteiger partial charge in [-0.25, -0.2) is 15.0 Å². The number of hydrogen-bond donors (Lipinski definition) is 1. The number of rotatable bonds is 9. The lowest BCUT2D eigenvalue weighted by Gasteiger charge is -2.16. The van der Waals surface area contributed by atoms with Gasteiger partial charge in [-0.05, 0) is 67.6 Å². The molecule has 4 heteroatoms. The Morgan fingerprint density at radius 3 is 1.35 bits per heavy atom. The molecular weight excluding hydrogens is 765 g/mol. The lowest BCUT2D eigenvalue weighted by Crippen LogP contribution is -2.16. The first kappa shape index (κ1) is 38.7. The summed E-state index contributed by atoms with van der Waals surface area (Å²) in [5.74, 6) is 0.874. The van der Waals surface area contributed by atoms with Crippen LogP contribution in [0.25, 0.3) is 83.1 Å². The molecule has 1 aromatic heterocycles. The first-order chi connectivity index (χ1) is 31.1. The molecule has 0 aliphatic rings. The lowest BCUT2D eigenvalue weighted by atomic mass is 9.90. The van der Waals surface area contributed by atoms with Crippen molar-refractivity contribution in [3.8, 4) is 55.8 Å². The van der Waals surface area contributed by atoms with Gasteiger partial charge in [0.05, 0.1) is 16.9 Å². The minimum absolute atomic E-state index is 0.384. The van der Waals surface area contributed by atoms with Crippen LogP contribution in [-0.4, -0.2) is 16.7 Å². The molecule has 0 unspecified atom stereocenters. The highest BCUT2D eigenvalue weighted by molar-refractivity contribution is 6.16. The van der Waals surface area contributed by atoms with Crippen LogP contribution >= 0.6 is 0 Å². The molecule has 0 saturated carbocycles. The second kappa shape index (κ2) is 17.3. The van der Waals surface area contributed by atoms with Crippen molar-refractivity contribution in [2.75, 3.05) is 0 Å². The molecule has 0 aliphatic carbocycles. The number of benzene rings is 9. The molecule has 2 N–H and O–H groups in total. The minimum Gasteiger partial charge on any atom is -0.383 e. The Morgan fingerprint density at radius 2 is 0.794 bits per heavy atom. The molecule has 0 radical (unpaired) electrons. The zero-order valence-electron chi connectivity index (χ0n) is 34.6. The number of amidine groups is 2. The summed E-state index contributed by atoms with van der Waals surface area (Å²) in [7, 11) is 0. The van der Waals surface area contributed by atoms with Crippen LogP contribution in [0.2, 0.25) is 0 Å². The van der Waals surface area contributed by atoms with Gasteiger partial charge >= 0.3 is 0 Å². The molecule has 298 valence electrons. The van der Waals surface area contributed by atoms with Crippen LogP contribution in [0.1, 0.15) is 16.7 Å². The van der Waals surface area contributed by atoms with E-state index >= 15 is 0 Å². The molecular formula is C59H42N4. The molecule has 0 amide bonds. The normalized spacial score (nSPS) is 11.8. The Labute approximate surface area is 367 Å². The molecule has 10 rings (SSSR count). The molecule has 0 fully saturated rings. The fourth-order valence-electron chi connectivity index (χ4n) is 8.18. The average Bonchev–Trinajstić information content (AvgIpc) is 3.36. The number of nitrogens with two attached hydrogens (primary N) is 1. The summed E-state index contributed by atoms with van der Waals surface area (Å²) in [5.41, 5.74) is 21.7. The number of hydrogen-bond acceptors (Lipinski definition) is 2. The van der Waals surface area contributed by atoms with E-state index in [1.807, 2.05) is 60.7 Å². The molecule has 0 atom stereocenters. The Hall–Kier alpha value is -8.47. The molecule has 9 aromatic carbocycles. The number of fused-ring (bicyclic) bond motifs is 3. The van der Waals surface area contributed by atoms with Crippen molar-refractivity contribution < 1.29 is 0 Å². The molecule has 0 aliphatic heterocycles. The van der Waals surface area contributed by atoms with Gasteiger partial charge in [-0.15, -0.1) is 0 Å². The van der Waals surface area contributed by atoms with Gasteiger partial charge in [0.2, 0.25) is 0 Å². The Morgan fingerprint density at radius 1 is 0.365 bits per heavy atom. The van der Waals surface area contributed by atoms with E-state index in [-0.39, 0.29) is 0 Å². The third kappa shape index (κ3) is 8.09. The molecule has 0 bridgehead atoms.